The first kappa shape index (κ1) is 22.9. The molecule has 2 aliphatic carbocycles. The summed E-state index contributed by atoms with van der Waals surface area (Å²) in [5.74, 6) is 7.22. The molecule has 1 atom stereocenters. The van der Waals surface area contributed by atoms with Crippen LogP contribution in [0.25, 0.3) is 22.9 Å². The highest BCUT2D eigenvalue weighted by atomic mass is 19.1. The molecule has 1 unspecified atom stereocenters. The SMILES string of the molecule is COCC(C)(C#Cc1cc2c(cc1F)C1CC(C1)n1c-2nc(C(N)=O)c1-c1n[nH]c(C2CC2)n1)OC. The molecular weight excluding hydrogens is 463 g/mol. The molecule has 2 fully saturated rings. The molecule has 186 valence electrons. The Morgan fingerprint density at radius 1 is 1.28 bits per heavy atom. The number of aromatic nitrogens is 5. The van der Waals surface area contributed by atoms with E-state index < -0.39 is 17.3 Å². The third kappa shape index (κ3) is 3.62. The number of rotatable bonds is 6. The molecule has 0 spiro atoms. The summed E-state index contributed by atoms with van der Waals surface area (Å²) in [6.07, 6.45) is 3.76. The summed E-state index contributed by atoms with van der Waals surface area (Å²) in [6, 6.07) is 3.35. The first-order chi connectivity index (χ1) is 17.3. The average Bonchev–Trinajstić information content (AvgIpc) is 3.48. The standard InChI is InChI=1S/C26H27FN6O3/c1-26(36-3,12-35-2)7-6-14-10-18-17(11-19(14)27)15-8-16(9-15)33-21(20(22(28)34)29-25(18)33)24-30-23(31-32-24)13-4-5-13/h10-11,13,15-16H,4-5,8-9,12H2,1-3H3,(H2,28,34)(H,30,31,32). The summed E-state index contributed by atoms with van der Waals surface area (Å²) in [5, 5.41) is 7.42. The summed E-state index contributed by atoms with van der Waals surface area (Å²) in [4.78, 5) is 21.8. The zero-order valence-electron chi connectivity index (χ0n) is 20.4. The van der Waals surface area contributed by atoms with Gasteiger partial charge in [0.2, 0.25) is 0 Å². The topological polar surface area (TPSA) is 121 Å². The first-order valence-corrected chi connectivity index (χ1v) is 12.1. The van der Waals surface area contributed by atoms with Crippen molar-refractivity contribution in [2.75, 3.05) is 20.8 Å². The van der Waals surface area contributed by atoms with Crippen LogP contribution in [-0.4, -0.2) is 57.1 Å². The van der Waals surface area contributed by atoms with Crippen LogP contribution in [0.4, 0.5) is 4.39 Å². The van der Waals surface area contributed by atoms with Crippen LogP contribution in [0.2, 0.25) is 0 Å². The molecule has 1 amide bonds. The van der Waals surface area contributed by atoms with Crippen LogP contribution in [0.3, 0.4) is 0 Å². The van der Waals surface area contributed by atoms with Gasteiger partial charge in [0, 0.05) is 31.7 Å². The van der Waals surface area contributed by atoms with Crippen molar-refractivity contribution in [1.82, 2.24) is 24.7 Å². The third-order valence-electron chi connectivity index (χ3n) is 7.45. The number of nitrogens with zero attached hydrogens (tertiary/aromatic N) is 4. The van der Waals surface area contributed by atoms with E-state index in [1.54, 1.807) is 26.2 Å². The number of nitrogens with two attached hydrogens (primary N) is 1. The number of hydrogen-bond acceptors (Lipinski definition) is 6. The summed E-state index contributed by atoms with van der Waals surface area (Å²) in [5.41, 5.74) is 7.33. The lowest BCUT2D eigenvalue weighted by atomic mass is 9.75. The monoisotopic (exact) mass is 490 g/mol. The van der Waals surface area contributed by atoms with Gasteiger partial charge in [-0.05, 0) is 56.2 Å². The van der Waals surface area contributed by atoms with Crippen LogP contribution in [0, 0.1) is 17.7 Å². The van der Waals surface area contributed by atoms with Crippen molar-refractivity contribution in [2.24, 2.45) is 5.73 Å². The van der Waals surface area contributed by atoms with Gasteiger partial charge in [0.1, 0.15) is 28.8 Å². The van der Waals surface area contributed by atoms with E-state index in [1.165, 1.54) is 7.11 Å². The van der Waals surface area contributed by atoms with Gasteiger partial charge < -0.3 is 19.8 Å². The molecule has 4 aliphatic rings. The van der Waals surface area contributed by atoms with Gasteiger partial charge in [-0.15, -0.1) is 0 Å². The predicted octanol–water partition coefficient (Wildman–Crippen LogP) is 3.29. The number of methoxy groups -OCH3 is 2. The molecule has 4 heterocycles. The van der Waals surface area contributed by atoms with E-state index in [9.17, 15) is 4.79 Å². The molecule has 2 aromatic heterocycles. The molecule has 9 nitrogen and oxygen atoms in total. The molecule has 2 saturated carbocycles. The van der Waals surface area contributed by atoms with Crippen LogP contribution in [0.5, 0.6) is 0 Å². The Kier molecular flexibility index (Phi) is 5.24. The Labute approximate surface area is 207 Å². The number of halogens is 1. The van der Waals surface area contributed by atoms with Crippen molar-refractivity contribution in [3.63, 3.8) is 0 Å². The summed E-state index contributed by atoms with van der Waals surface area (Å²) >= 11 is 0. The van der Waals surface area contributed by atoms with Gasteiger partial charge in [-0.25, -0.2) is 14.4 Å². The second-order valence-corrected chi connectivity index (χ2v) is 10.0. The van der Waals surface area contributed by atoms with Crippen molar-refractivity contribution in [1.29, 1.82) is 0 Å². The number of benzene rings is 1. The fraction of sp³-hybridized carbons (Fsp3) is 0.462. The average molecular weight is 491 g/mol. The molecular formula is C26H27FN6O3. The Morgan fingerprint density at radius 3 is 2.72 bits per heavy atom. The number of primary amides is 1. The van der Waals surface area contributed by atoms with Crippen LogP contribution in [0.15, 0.2) is 12.1 Å². The maximum Gasteiger partial charge on any atom is 0.269 e. The Balaban J connectivity index is 1.52. The molecule has 3 aromatic rings. The normalized spacial score (nSPS) is 21.3. The van der Waals surface area contributed by atoms with Crippen LogP contribution < -0.4 is 5.73 Å². The van der Waals surface area contributed by atoms with E-state index >= 15 is 4.39 Å². The second-order valence-electron chi connectivity index (χ2n) is 10.0. The minimum absolute atomic E-state index is 0.0898. The van der Waals surface area contributed by atoms with Gasteiger partial charge in [-0.3, -0.25) is 9.89 Å². The van der Waals surface area contributed by atoms with Crippen LogP contribution in [0.1, 0.15) is 77.9 Å². The minimum Gasteiger partial charge on any atom is -0.381 e. The lowest BCUT2D eigenvalue weighted by Gasteiger charge is -2.35. The lowest BCUT2D eigenvalue weighted by molar-refractivity contribution is -0.00886. The predicted molar refractivity (Wildman–Crippen MR) is 129 cm³/mol. The third-order valence-corrected chi connectivity index (χ3v) is 7.45. The smallest absolute Gasteiger partial charge is 0.269 e. The van der Waals surface area contributed by atoms with E-state index in [4.69, 9.17) is 15.2 Å². The molecule has 2 bridgehead atoms. The highest BCUT2D eigenvalue weighted by molar-refractivity contribution is 5.97. The molecule has 3 N–H and O–H groups in total. The van der Waals surface area contributed by atoms with E-state index in [1.807, 2.05) is 4.57 Å². The van der Waals surface area contributed by atoms with Crippen molar-refractivity contribution in [3.05, 3.63) is 40.6 Å². The molecule has 7 rings (SSSR count). The molecule has 36 heavy (non-hydrogen) atoms. The number of carbonyl (C=O) groups excluding carboxylic acids is 1. The van der Waals surface area contributed by atoms with Gasteiger partial charge in [0.05, 0.1) is 12.2 Å². The van der Waals surface area contributed by atoms with Crippen molar-refractivity contribution in [2.45, 2.75) is 56.1 Å². The number of carbonyl (C=O) groups is 1. The molecule has 2 aliphatic heterocycles. The van der Waals surface area contributed by atoms with Gasteiger partial charge in [-0.1, -0.05) is 11.8 Å². The Hall–Kier alpha value is -3.55. The Morgan fingerprint density at radius 2 is 2.06 bits per heavy atom. The highest BCUT2D eigenvalue weighted by Crippen LogP contribution is 2.54. The molecule has 10 heteroatoms. The fourth-order valence-electron chi connectivity index (χ4n) is 5.17. The van der Waals surface area contributed by atoms with Crippen molar-refractivity contribution < 1.29 is 18.7 Å². The number of aromatic amines is 1. The number of imidazole rings is 1. The summed E-state index contributed by atoms with van der Waals surface area (Å²) in [6.45, 7) is 2.02. The number of amides is 1. The van der Waals surface area contributed by atoms with E-state index in [0.29, 0.717) is 23.3 Å². The maximum atomic E-state index is 15.2. The fourth-order valence-corrected chi connectivity index (χ4v) is 5.17. The van der Waals surface area contributed by atoms with E-state index in [-0.39, 0.29) is 29.8 Å². The maximum absolute atomic E-state index is 15.2. The first-order valence-electron chi connectivity index (χ1n) is 12.1. The Bertz CT molecular complexity index is 1440. The van der Waals surface area contributed by atoms with Crippen LogP contribution in [-0.2, 0) is 9.47 Å². The summed E-state index contributed by atoms with van der Waals surface area (Å²) in [7, 11) is 3.10. The molecule has 1 aromatic carbocycles. The van der Waals surface area contributed by atoms with Gasteiger partial charge in [0.25, 0.3) is 5.91 Å². The summed E-state index contributed by atoms with van der Waals surface area (Å²) < 4.78 is 27.9. The zero-order chi connectivity index (χ0) is 25.2. The quantitative estimate of drug-likeness (QED) is 0.512. The van der Waals surface area contributed by atoms with E-state index in [0.717, 1.165) is 42.6 Å². The highest BCUT2D eigenvalue weighted by Gasteiger charge is 2.43. The van der Waals surface area contributed by atoms with Crippen molar-refractivity contribution >= 4 is 5.91 Å². The molecule has 0 radical (unpaired) electrons. The minimum atomic E-state index is -0.884. The van der Waals surface area contributed by atoms with E-state index in [2.05, 4.69) is 32.0 Å². The zero-order valence-corrected chi connectivity index (χ0v) is 20.4. The van der Waals surface area contributed by atoms with Gasteiger partial charge in [-0.2, -0.15) is 5.10 Å². The van der Waals surface area contributed by atoms with Gasteiger partial charge >= 0.3 is 0 Å². The number of nitrogens with one attached hydrogen (secondary N) is 1. The second kappa shape index (κ2) is 8.25. The van der Waals surface area contributed by atoms with Crippen LogP contribution >= 0.6 is 0 Å². The van der Waals surface area contributed by atoms with Gasteiger partial charge in [0.15, 0.2) is 11.5 Å². The molecule has 0 saturated heterocycles. The lowest BCUT2D eigenvalue weighted by Crippen LogP contribution is -2.30. The largest absolute Gasteiger partial charge is 0.381 e. The number of H-pyrrole nitrogens is 1. The number of ether oxygens (including phenoxy) is 2. The van der Waals surface area contributed by atoms with Crippen molar-refractivity contribution in [3.8, 4) is 34.7 Å². The number of hydrogen-bond donors (Lipinski definition) is 2.